The van der Waals surface area contributed by atoms with Crippen LogP contribution < -0.4 is 0 Å². The summed E-state index contributed by atoms with van der Waals surface area (Å²) in [7, 11) is 0. The van der Waals surface area contributed by atoms with Crippen molar-refractivity contribution in [3.63, 3.8) is 0 Å². The van der Waals surface area contributed by atoms with E-state index >= 15 is 0 Å². The van der Waals surface area contributed by atoms with Crippen LogP contribution in [0.25, 0.3) is 0 Å². The molecule has 0 unspecified atom stereocenters. The molecule has 0 aromatic rings. The Morgan fingerprint density at radius 3 is 1.86 bits per heavy atom. The van der Waals surface area contributed by atoms with Crippen molar-refractivity contribution in [3.05, 3.63) is 22.7 Å². The van der Waals surface area contributed by atoms with Crippen LogP contribution in [-0.4, -0.2) is 34.5 Å². The lowest BCUT2D eigenvalue weighted by Gasteiger charge is -2.26. The third kappa shape index (κ3) is 5.94. The number of aliphatic hydroxyl groups excluding tert-OH is 2. The number of carbonyl (C=O) groups is 2. The average molecular weight is 295 g/mol. The van der Waals surface area contributed by atoms with Crippen molar-refractivity contribution in [1.29, 1.82) is 0 Å². The highest BCUT2D eigenvalue weighted by Crippen LogP contribution is 2.32. The number of hydrogen-bond donors (Lipinski definition) is 2. The van der Waals surface area contributed by atoms with E-state index in [-0.39, 0.29) is 28.7 Å². The number of Topliss-reactive ketones (excluding diaryl/α,β-unsaturated/α-hetero) is 2. The maximum absolute atomic E-state index is 11.6. The number of aliphatic hydroxyl groups is 2. The smallest absolute Gasteiger partial charge is 0.164 e. The molecule has 118 valence electrons. The first kappa shape index (κ1) is 19.1. The Hall–Kier alpha value is -1.91. The number of aliphatic imine (C=N–C) groups is 1. The van der Waals surface area contributed by atoms with Crippen LogP contribution >= 0.6 is 0 Å². The van der Waals surface area contributed by atoms with Gasteiger partial charge in [0.15, 0.2) is 11.6 Å². The zero-order valence-electron chi connectivity index (χ0n) is 13.6. The highest BCUT2D eigenvalue weighted by molar-refractivity contribution is 6.12. The minimum Gasteiger partial charge on any atom is -0.512 e. The first-order valence-corrected chi connectivity index (χ1v) is 6.82. The molecule has 5 heteroatoms. The van der Waals surface area contributed by atoms with Gasteiger partial charge in [-0.3, -0.25) is 14.6 Å². The van der Waals surface area contributed by atoms with Crippen molar-refractivity contribution < 1.29 is 19.8 Å². The van der Waals surface area contributed by atoms with Gasteiger partial charge in [0.2, 0.25) is 0 Å². The average Bonchev–Trinajstić information content (AvgIpc) is 2.25. The molecular weight excluding hydrogens is 270 g/mol. The highest BCUT2D eigenvalue weighted by atomic mass is 16.3. The predicted octanol–water partition coefficient (Wildman–Crippen LogP) is 3.32. The molecule has 21 heavy (non-hydrogen) atoms. The lowest BCUT2D eigenvalue weighted by Crippen LogP contribution is -2.22. The molecule has 0 aromatic heterocycles. The molecule has 0 atom stereocenters. The third-order valence-corrected chi connectivity index (χ3v) is 3.25. The van der Waals surface area contributed by atoms with E-state index in [1.807, 2.05) is 13.8 Å². The summed E-state index contributed by atoms with van der Waals surface area (Å²) in [4.78, 5) is 27.0. The predicted molar refractivity (Wildman–Crippen MR) is 83.8 cm³/mol. The number of ketones is 2. The van der Waals surface area contributed by atoms with E-state index in [0.29, 0.717) is 18.5 Å². The second-order valence-corrected chi connectivity index (χ2v) is 5.74. The molecule has 0 saturated carbocycles. The molecule has 0 heterocycles. The molecule has 0 amide bonds. The van der Waals surface area contributed by atoms with Crippen molar-refractivity contribution in [2.75, 3.05) is 6.54 Å². The van der Waals surface area contributed by atoms with Crippen LogP contribution in [0.3, 0.4) is 0 Å². The number of carbonyl (C=O) groups excluding carboxylic acids is 2. The molecule has 0 radical (unpaired) electrons. The van der Waals surface area contributed by atoms with E-state index in [4.69, 9.17) is 0 Å². The van der Waals surface area contributed by atoms with E-state index < -0.39 is 5.41 Å². The molecule has 0 aliphatic rings. The zero-order valence-corrected chi connectivity index (χ0v) is 13.6. The van der Waals surface area contributed by atoms with Gasteiger partial charge in [-0.25, -0.2) is 0 Å². The van der Waals surface area contributed by atoms with E-state index in [1.165, 1.54) is 33.9 Å². The summed E-state index contributed by atoms with van der Waals surface area (Å²) in [6.45, 7) is 9.80. The van der Waals surface area contributed by atoms with Crippen LogP contribution in [-0.2, 0) is 9.59 Å². The first-order chi connectivity index (χ1) is 9.50. The van der Waals surface area contributed by atoms with Crippen LogP contribution in [0.1, 0.15) is 48.0 Å². The van der Waals surface area contributed by atoms with Gasteiger partial charge in [0, 0.05) is 18.3 Å². The van der Waals surface area contributed by atoms with Gasteiger partial charge in [-0.2, -0.15) is 0 Å². The minimum absolute atomic E-state index is 0.0204. The van der Waals surface area contributed by atoms with Crippen molar-refractivity contribution >= 4 is 17.8 Å². The molecular formula is C16H25NO4. The molecule has 0 rings (SSSR count). The fourth-order valence-electron chi connectivity index (χ4n) is 2.28. The van der Waals surface area contributed by atoms with Crippen LogP contribution in [0.5, 0.6) is 0 Å². The van der Waals surface area contributed by atoms with Crippen molar-refractivity contribution in [1.82, 2.24) is 0 Å². The Labute approximate surface area is 126 Å². The Morgan fingerprint density at radius 2 is 1.52 bits per heavy atom. The summed E-state index contributed by atoms with van der Waals surface area (Å²) in [6.07, 6.45) is 1.88. The summed E-state index contributed by atoms with van der Waals surface area (Å²) in [6, 6.07) is 0. The van der Waals surface area contributed by atoms with Gasteiger partial charge >= 0.3 is 0 Å². The molecule has 0 aliphatic heterocycles. The van der Waals surface area contributed by atoms with Gasteiger partial charge in [-0.15, -0.1) is 0 Å². The van der Waals surface area contributed by atoms with E-state index in [9.17, 15) is 19.8 Å². The summed E-state index contributed by atoms with van der Waals surface area (Å²) in [5.74, 6) is -0.471. The van der Waals surface area contributed by atoms with Crippen LogP contribution in [0.4, 0.5) is 0 Å². The lowest BCUT2D eigenvalue weighted by atomic mass is 9.78. The van der Waals surface area contributed by atoms with E-state index in [2.05, 4.69) is 4.99 Å². The van der Waals surface area contributed by atoms with Gasteiger partial charge in [0.25, 0.3) is 0 Å². The molecule has 0 fully saturated rings. The fraction of sp³-hybridized carbons (Fsp3) is 0.562. The van der Waals surface area contributed by atoms with Crippen LogP contribution in [0, 0.1) is 5.41 Å². The highest BCUT2D eigenvalue weighted by Gasteiger charge is 2.28. The normalized spacial score (nSPS) is 14.8. The number of allylic oxidation sites excluding steroid dienone is 4. The zero-order chi connectivity index (χ0) is 16.8. The minimum atomic E-state index is -0.517. The van der Waals surface area contributed by atoms with Crippen molar-refractivity contribution in [3.8, 4) is 0 Å². The van der Waals surface area contributed by atoms with Crippen molar-refractivity contribution in [2.45, 2.75) is 48.0 Å². The summed E-state index contributed by atoms with van der Waals surface area (Å²) < 4.78 is 0. The standard InChI is InChI=1S/C16H25NO4/c1-10(18)14(11(2)19)9-17-8-7-16(5,6)15(12(3)20)13(4)21/h9,18,20H,7-8H2,1-6H3/b14-10+,15-12-,17-9?. The van der Waals surface area contributed by atoms with Crippen molar-refractivity contribution in [2.24, 2.45) is 10.4 Å². The monoisotopic (exact) mass is 295 g/mol. The van der Waals surface area contributed by atoms with Crippen LogP contribution in [0.15, 0.2) is 27.7 Å². The fourth-order valence-corrected chi connectivity index (χ4v) is 2.28. The number of rotatable bonds is 7. The Kier molecular flexibility index (Phi) is 7.06. The van der Waals surface area contributed by atoms with Gasteiger partial charge < -0.3 is 10.2 Å². The summed E-state index contributed by atoms with van der Waals surface area (Å²) >= 11 is 0. The third-order valence-electron chi connectivity index (χ3n) is 3.25. The van der Waals surface area contributed by atoms with Gasteiger partial charge in [0.1, 0.15) is 5.76 Å². The molecule has 0 spiro atoms. The summed E-state index contributed by atoms with van der Waals surface area (Å²) in [5, 5.41) is 19.0. The van der Waals surface area contributed by atoms with E-state index in [1.54, 1.807) is 0 Å². The summed E-state index contributed by atoms with van der Waals surface area (Å²) in [5.41, 5.74) is 0.0444. The molecule has 0 aromatic carbocycles. The topological polar surface area (TPSA) is 87.0 Å². The van der Waals surface area contributed by atoms with Gasteiger partial charge in [0.05, 0.1) is 11.3 Å². The molecule has 2 N–H and O–H groups in total. The van der Waals surface area contributed by atoms with E-state index in [0.717, 1.165) is 0 Å². The molecule has 0 aliphatic carbocycles. The second-order valence-electron chi connectivity index (χ2n) is 5.74. The molecule has 5 nitrogen and oxygen atoms in total. The Bertz CT molecular complexity index is 502. The lowest BCUT2D eigenvalue weighted by molar-refractivity contribution is -0.115. The number of hydrogen-bond acceptors (Lipinski definition) is 5. The Balaban J connectivity index is 4.96. The first-order valence-electron chi connectivity index (χ1n) is 6.82. The van der Waals surface area contributed by atoms with Crippen LogP contribution in [0.2, 0.25) is 0 Å². The Morgan fingerprint density at radius 1 is 1.00 bits per heavy atom. The number of nitrogens with zero attached hydrogens (tertiary/aromatic N) is 1. The quantitative estimate of drug-likeness (QED) is 0.428. The molecule has 0 saturated heterocycles. The largest absolute Gasteiger partial charge is 0.512 e. The van der Waals surface area contributed by atoms with Gasteiger partial charge in [-0.05, 0) is 39.5 Å². The maximum Gasteiger partial charge on any atom is 0.164 e. The molecule has 0 bridgehead atoms. The maximum atomic E-state index is 11.6. The SMILES string of the molecule is CC(=O)/C(C=NCCC(C)(C)/C(C(C)=O)=C(/C)O)=C(\C)O. The van der Waals surface area contributed by atoms with Gasteiger partial charge in [-0.1, -0.05) is 13.8 Å². The second kappa shape index (κ2) is 7.76.